The third kappa shape index (κ3) is 2.38. The van der Waals surface area contributed by atoms with Gasteiger partial charge in [0.25, 0.3) is 0 Å². The van der Waals surface area contributed by atoms with Gasteiger partial charge in [0.15, 0.2) is 11.5 Å². The van der Waals surface area contributed by atoms with E-state index in [2.05, 4.69) is 45.0 Å². The molecule has 0 saturated heterocycles. The summed E-state index contributed by atoms with van der Waals surface area (Å²) in [5.74, 6) is 0.719. The average Bonchev–Trinajstić information content (AvgIpc) is 2.57. The second-order valence-electron chi connectivity index (χ2n) is 3.67. The van der Waals surface area contributed by atoms with Crippen molar-refractivity contribution in [1.29, 1.82) is 0 Å². The number of benzene rings is 1. The molecule has 0 aliphatic rings. The number of rotatable bonds is 3. The van der Waals surface area contributed by atoms with Crippen molar-refractivity contribution in [3.05, 3.63) is 29.7 Å². The van der Waals surface area contributed by atoms with E-state index < -0.39 is 0 Å². The molecule has 0 bridgehead atoms. The van der Waals surface area contributed by atoms with Gasteiger partial charge in [-0.3, -0.25) is 4.90 Å². The molecule has 2 rings (SSSR count). The summed E-state index contributed by atoms with van der Waals surface area (Å²) in [6, 6.07) is 6.14. The van der Waals surface area contributed by atoms with Gasteiger partial charge in [0.05, 0.1) is 5.45 Å². The van der Waals surface area contributed by atoms with Gasteiger partial charge in [-0.1, -0.05) is 22.0 Å². The Bertz CT molecular complexity index is 467. The third-order valence-corrected chi connectivity index (χ3v) is 3.07. The van der Waals surface area contributed by atoms with Crippen LogP contribution in [0.5, 0.6) is 0 Å². The minimum absolute atomic E-state index is 0.719. The summed E-state index contributed by atoms with van der Waals surface area (Å²) in [5, 5.41) is 0. The number of alkyl halides is 1. The largest absolute Gasteiger partial charge is 0.441 e. The van der Waals surface area contributed by atoms with Crippen molar-refractivity contribution in [3.63, 3.8) is 0 Å². The van der Waals surface area contributed by atoms with Crippen LogP contribution in [0.3, 0.4) is 0 Å². The first-order valence-electron chi connectivity index (χ1n) is 4.79. The molecular weight excluding hydrogens is 256 g/mol. The maximum atomic E-state index is 5.48. The summed E-state index contributed by atoms with van der Waals surface area (Å²) in [6.07, 6.45) is 0. The molecule has 1 aromatic heterocycles. The molecule has 4 heteroatoms. The van der Waals surface area contributed by atoms with Crippen LogP contribution >= 0.6 is 15.9 Å². The zero-order valence-electron chi connectivity index (χ0n) is 8.83. The molecule has 1 heterocycles. The second kappa shape index (κ2) is 4.33. The molecule has 0 spiro atoms. The van der Waals surface area contributed by atoms with E-state index in [0.29, 0.717) is 0 Å². The van der Waals surface area contributed by atoms with Gasteiger partial charge >= 0.3 is 0 Å². The highest BCUT2D eigenvalue weighted by atomic mass is 79.9. The minimum Gasteiger partial charge on any atom is -0.441 e. The highest BCUT2D eigenvalue weighted by molar-refractivity contribution is 9.09. The monoisotopic (exact) mass is 268 g/mol. The summed E-state index contributed by atoms with van der Waals surface area (Å²) in [6.45, 7) is 2.77. The third-order valence-electron chi connectivity index (χ3n) is 2.22. The first-order chi connectivity index (χ1) is 7.19. The van der Waals surface area contributed by atoms with E-state index in [4.69, 9.17) is 4.42 Å². The fourth-order valence-corrected chi connectivity index (χ4v) is 1.71. The summed E-state index contributed by atoms with van der Waals surface area (Å²) >= 11 is 3.42. The lowest BCUT2D eigenvalue weighted by atomic mass is 10.2. The Hall–Kier alpha value is -0.870. The molecule has 2 aromatic rings. The van der Waals surface area contributed by atoms with Gasteiger partial charge in [0.1, 0.15) is 5.52 Å². The summed E-state index contributed by atoms with van der Waals surface area (Å²) in [7, 11) is 2.06. The van der Waals surface area contributed by atoms with Gasteiger partial charge in [0.2, 0.25) is 0 Å². The highest BCUT2D eigenvalue weighted by Crippen LogP contribution is 2.17. The summed E-state index contributed by atoms with van der Waals surface area (Å²) in [5.41, 5.74) is 3.90. The minimum atomic E-state index is 0.719. The number of halogens is 1. The lowest BCUT2D eigenvalue weighted by molar-refractivity contribution is 0.390. The molecule has 0 aliphatic heterocycles. The van der Waals surface area contributed by atoms with Gasteiger partial charge in [-0.05, 0) is 24.7 Å². The molecule has 0 saturated carbocycles. The van der Waals surface area contributed by atoms with Crippen LogP contribution in [0.2, 0.25) is 0 Å². The van der Waals surface area contributed by atoms with E-state index in [1.165, 1.54) is 5.56 Å². The zero-order valence-corrected chi connectivity index (χ0v) is 10.4. The van der Waals surface area contributed by atoms with Crippen LogP contribution < -0.4 is 0 Å². The quantitative estimate of drug-likeness (QED) is 0.633. The fraction of sp³-hybridized carbons (Fsp3) is 0.364. The Balaban J connectivity index is 2.30. The predicted octanol–water partition coefficient (Wildman–Crippen LogP) is 2.92. The van der Waals surface area contributed by atoms with Gasteiger partial charge in [0, 0.05) is 13.5 Å². The Morgan fingerprint density at radius 1 is 1.47 bits per heavy atom. The first kappa shape index (κ1) is 10.6. The molecule has 0 atom stereocenters. The van der Waals surface area contributed by atoms with Gasteiger partial charge in [-0.2, -0.15) is 0 Å². The summed E-state index contributed by atoms with van der Waals surface area (Å²) < 4.78 is 5.48. The lowest BCUT2D eigenvalue weighted by Crippen LogP contribution is -2.14. The van der Waals surface area contributed by atoms with Crippen LogP contribution in [-0.4, -0.2) is 22.4 Å². The van der Waals surface area contributed by atoms with Crippen molar-refractivity contribution in [1.82, 2.24) is 9.88 Å². The van der Waals surface area contributed by atoms with Crippen molar-refractivity contribution in [3.8, 4) is 0 Å². The van der Waals surface area contributed by atoms with E-state index in [1.807, 2.05) is 13.0 Å². The Morgan fingerprint density at radius 3 is 3.00 bits per heavy atom. The average molecular weight is 269 g/mol. The fourth-order valence-electron chi connectivity index (χ4n) is 1.54. The van der Waals surface area contributed by atoms with E-state index in [-0.39, 0.29) is 0 Å². The van der Waals surface area contributed by atoms with Crippen LogP contribution in [0.1, 0.15) is 11.5 Å². The smallest absolute Gasteiger partial charge is 0.192 e. The van der Waals surface area contributed by atoms with Crippen LogP contribution in [0.4, 0.5) is 0 Å². The van der Waals surface area contributed by atoms with E-state index >= 15 is 0 Å². The van der Waals surface area contributed by atoms with Crippen molar-refractivity contribution >= 4 is 27.0 Å². The van der Waals surface area contributed by atoms with Crippen LogP contribution in [0.15, 0.2) is 22.6 Å². The molecule has 0 N–H and O–H groups in total. The first-order valence-corrected chi connectivity index (χ1v) is 5.92. The number of hydrogen-bond acceptors (Lipinski definition) is 3. The number of aryl methyl sites for hydroxylation is 1. The van der Waals surface area contributed by atoms with Gasteiger partial charge < -0.3 is 4.42 Å². The SMILES string of the molecule is Cc1nc2ccc(CN(C)CBr)cc2o1. The molecule has 3 nitrogen and oxygen atoms in total. The van der Waals surface area contributed by atoms with E-state index in [1.54, 1.807) is 0 Å². The maximum Gasteiger partial charge on any atom is 0.192 e. The molecule has 0 unspecified atom stereocenters. The highest BCUT2D eigenvalue weighted by Gasteiger charge is 2.04. The Morgan fingerprint density at radius 2 is 2.27 bits per heavy atom. The molecule has 15 heavy (non-hydrogen) atoms. The second-order valence-corrected chi connectivity index (χ2v) is 4.17. The Kier molecular flexibility index (Phi) is 3.07. The number of hydrogen-bond donors (Lipinski definition) is 0. The maximum absolute atomic E-state index is 5.48. The van der Waals surface area contributed by atoms with Crippen LogP contribution in [0.25, 0.3) is 11.1 Å². The van der Waals surface area contributed by atoms with Crippen molar-refractivity contribution in [2.24, 2.45) is 0 Å². The molecule has 0 fully saturated rings. The van der Waals surface area contributed by atoms with Crippen LogP contribution in [-0.2, 0) is 6.54 Å². The standard InChI is InChI=1S/C11H13BrN2O/c1-8-13-10-4-3-9(5-11(10)15-8)6-14(2)7-12/h3-5H,6-7H2,1-2H3. The zero-order chi connectivity index (χ0) is 10.8. The molecule has 0 aliphatic carbocycles. The van der Waals surface area contributed by atoms with Crippen LogP contribution in [0, 0.1) is 6.92 Å². The van der Waals surface area contributed by atoms with E-state index in [0.717, 1.165) is 29.0 Å². The summed E-state index contributed by atoms with van der Waals surface area (Å²) in [4.78, 5) is 6.44. The predicted molar refractivity (Wildman–Crippen MR) is 64.0 cm³/mol. The van der Waals surface area contributed by atoms with Crippen molar-refractivity contribution in [2.75, 3.05) is 12.5 Å². The molecule has 80 valence electrons. The van der Waals surface area contributed by atoms with Gasteiger partial charge in [-0.15, -0.1) is 0 Å². The number of nitrogens with zero attached hydrogens (tertiary/aromatic N) is 2. The molecule has 1 aromatic carbocycles. The Labute approximate surface area is 97.2 Å². The molecule has 0 amide bonds. The molecule has 0 radical (unpaired) electrons. The number of fused-ring (bicyclic) bond motifs is 1. The molecular formula is C11H13BrN2O. The normalized spacial score (nSPS) is 11.5. The van der Waals surface area contributed by atoms with Gasteiger partial charge in [-0.25, -0.2) is 4.98 Å². The van der Waals surface area contributed by atoms with E-state index in [9.17, 15) is 0 Å². The number of aromatic nitrogens is 1. The lowest BCUT2D eigenvalue weighted by Gasteiger charge is -2.12. The number of oxazole rings is 1. The van der Waals surface area contributed by atoms with Crippen molar-refractivity contribution < 1.29 is 4.42 Å². The topological polar surface area (TPSA) is 29.3 Å². The van der Waals surface area contributed by atoms with Crippen molar-refractivity contribution in [2.45, 2.75) is 13.5 Å².